The second kappa shape index (κ2) is 8.72. The molecule has 1 saturated carbocycles. The Morgan fingerprint density at radius 3 is 2.16 bits per heavy atom. The minimum Gasteiger partial charge on any atom is -0.481 e. The van der Waals surface area contributed by atoms with E-state index in [-0.39, 0.29) is 11.6 Å². The molecule has 1 aliphatic rings. The number of hydrogen-bond acceptors (Lipinski definition) is 2. The topological polar surface area (TPSA) is 63.3 Å². The standard InChI is InChI=1S/C13H15FO2.C7H8FN/c14-11-6-4-5-10(9-11)13(12(15)16)7-2-1-3-8-13;8-7-3-1-6(5-9)2-4-7/h4-6,9H,1-3,7-8H2,(H,15,16);1-4H,5,9H2. The van der Waals surface area contributed by atoms with Crippen LogP contribution in [0.3, 0.4) is 0 Å². The zero-order chi connectivity index (χ0) is 18.3. The fourth-order valence-corrected chi connectivity index (χ4v) is 3.19. The van der Waals surface area contributed by atoms with Crippen LogP contribution in [-0.4, -0.2) is 11.1 Å². The van der Waals surface area contributed by atoms with Gasteiger partial charge in [0.1, 0.15) is 11.6 Å². The summed E-state index contributed by atoms with van der Waals surface area (Å²) in [6, 6.07) is 12.2. The minimum atomic E-state index is -0.861. The van der Waals surface area contributed by atoms with Crippen LogP contribution in [0.2, 0.25) is 0 Å². The van der Waals surface area contributed by atoms with E-state index in [1.165, 1.54) is 24.3 Å². The van der Waals surface area contributed by atoms with Gasteiger partial charge in [-0.3, -0.25) is 4.79 Å². The van der Waals surface area contributed by atoms with Gasteiger partial charge in [-0.25, -0.2) is 8.78 Å². The molecule has 0 unspecified atom stereocenters. The molecule has 25 heavy (non-hydrogen) atoms. The van der Waals surface area contributed by atoms with E-state index < -0.39 is 11.4 Å². The molecule has 134 valence electrons. The molecule has 0 atom stereocenters. The molecule has 0 radical (unpaired) electrons. The molecule has 0 saturated heterocycles. The van der Waals surface area contributed by atoms with E-state index in [0.29, 0.717) is 24.9 Å². The Bertz CT molecular complexity index is 695. The summed E-state index contributed by atoms with van der Waals surface area (Å²) in [5, 5.41) is 9.41. The van der Waals surface area contributed by atoms with Crippen molar-refractivity contribution in [1.82, 2.24) is 0 Å². The van der Waals surface area contributed by atoms with Crippen molar-refractivity contribution in [2.45, 2.75) is 44.1 Å². The first-order chi connectivity index (χ1) is 12.0. The SMILES string of the molecule is NCc1ccc(F)cc1.O=C(O)C1(c2cccc(F)c2)CCCCC1. The maximum absolute atomic E-state index is 13.2. The summed E-state index contributed by atoms with van der Waals surface area (Å²) < 4.78 is 25.3. The Kier molecular flexibility index (Phi) is 6.65. The molecule has 3 rings (SSSR count). The lowest BCUT2D eigenvalue weighted by Gasteiger charge is -2.33. The summed E-state index contributed by atoms with van der Waals surface area (Å²) in [6.45, 7) is 0.472. The number of halogens is 2. The Balaban J connectivity index is 0.000000212. The maximum Gasteiger partial charge on any atom is 0.314 e. The van der Waals surface area contributed by atoms with Crippen LogP contribution in [-0.2, 0) is 16.8 Å². The van der Waals surface area contributed by atoms with Crippen LogP contribution in [0.5, 0.6) is 0 Å². The van der Waals surface area contributed by atoms with Gasteiger partial charge in [0.05, 0.1) is 5.41 Å². The van der Waals surface area contributed by atoms with Crippen molar-refractivity contribution in [2.75, 3.05) is 0 Å². The van der Waals surface area contributed by atoms with Crippen LogP contribution in [0.1, 0.15) is 43.2 Å². The third-order valence-electron chi connectivity index (χ3n) is 4.64. The summed E-state index contributed by atoms with van der Waals surface area (Å²) in [5.74, 6) is -1.39. The Morgan fingerprint density at radius 2 is 1.64 bits per heavy atom. The third-order valence-corrected chi connectivity index (χ3v) is 4.64. The van der Waals surface area contributed by atoms with Crippen LogP contribution >= 0.6 is 0 Å². The van der Waals surface area contributed by atoms with Gasteiger partial charge < -0.3 is 10.8 Å². The van der Waals surface area contributed by atoms with Crippen molar-refractivity contribution in [3.63, 3.8) is 0 Å². The molecule has 0 heterocycles. The number of benzene rings is 2. The number of nitrogens with two attached hydrogens (primary N) is 1. The van der Waals surface area contributed by atoms with E-state index >= 15 is 0 Å². The van der Waals surface area contributed by atoms with Gasteiger partial charge in [-0.1, -0.05) is 43.5 Å². The molecule has 0 bridgehead atoms. The first-order valence-electron chi connectivity index (χ1n) is 8.42. The molecule has 2 aromatic carbocycles. The van der Waals surface area contributed by atoms with Gasteiger partial charge in [0.15, 0.2) is 0 Å². The fourth-order valence-electron chi connectivity index (χ4n) is 3.19. The van der Waals surface area contributed by atoms with Gasteiger partial charge >= 0.3 is 5.97 Å². The molecule has 0 spiro atoms. The number of aliphatic carboxylic acids is 1. The summed E-state index contributed by atoms with van der Waals surface area (Å²) in [4.78, 5) is 11.5. The molecule has 2 aromatic rings. The highest BCUT2D eigenvalue weighted by molar-refractivity contribution is 5.81. The highest BCUT2D eigenvalue weighted by Gasteiger charge is 2.41. The van der Waals surface area contributed by atoms with Crippen LogP contribution < -0.4 is 5.73 Å². The Hall–Kier alpha value is -2.27. The molecule has 1 fully saturated rings. The van der Waals surface area contributed by atoms with E-state index in [9.17, 15) is 18.7 Å². The first kappa shape index (κ1) is 19.1. The predicted octanol–water partition coefficient (Wildman–Crippen LogP) is 4.40. The van der Waals surface area contributed by atoms with Crippen LogP contribution in [0.25, 0.3) is 0 Å². The zero-order valence-corrected chi connectivity index (χ0v) is 14.1. The number of carboxylic acids is 1. The highest BCUT2D eigenvalue weighted by Crippen LogP contribution is 2.39. The van der Waals surface area contributed by atoms with Crippen molar-refractivity contribution >= 4 is 5.97 Å². The van der Waals surface area contributed by atoms with Crippen molar-refractivity contribution in [3.05, 3.63) is 71.3 Å². The van der Waals surface area contributed by atoms with Crippen LogP contribution in [0.15, 0.2) is 48.5 Å². The van der Waals surface area contributed by atoms with Crippen molar-refractivity contribution in [1.29, 1.82) is 0 Å². The fraction of sp³-hybridized carbons (Fsp3) is 0.350. The van der Waals surface area contributed by atoms with Crippen molar-refractivity contribution in [2.24, 2.45) is 5.73 Å². The van der Waals surface area contributed by atoms with Gasteiger partial charge in [0.25, 0.3) is 0 Å². The normalized spacial score (nSPS) is 15.8. The monoisotopic (exact) mass is 347 g/mol. The number of carboxylic acid groups (broad SMARTS) is 1. The highest BCUT2D eigenvalue weighted by atomic mass is 19.1. The van der Waals surface area contributed by atoms with Gasteiger partial charge in [0.2, 0.25) is 0 Å². The smallest absolute Gasteiger partial charge is 0.314 e. The Labute approximate surface area is 146 Å². The number of rotatable bonds is 3. The van der Waals surface area contributed by atoms with Gasteiger partial charge in [-0.2, -0.15) is 0 Å². The number of hydrogen-bond donors (Lipinski definition) is 2. The van der Waals surface area contributed by atoms with Gasteiger partial charge in [-0.05, 0) is 48.2 Å². The molecule has 3 N–H and O–H groups in total. The zero-order valence-electron chi connectivity index (χ0n) is 14.1. The van der Waals surface area contributed by atoms with E-state index in [1.54, 1.807) is 24.3 Å². The molecule has 0 aromatic heterocycles. The maximum atomic E-state index is 13.2. The average Bonchev–Trinajstić information content (AvgIpc) is 2.63. The van der Waals surface area contributed by atoms with E-state index in [0.717, 1.165) is 24.8 Å². The van der Waals surface area contributed by atoms with Gasteiger partial charge in [-0.15, -0.1) is 0 Å². The minimum absolute atomic E-state index is 0.216. The van der Waals surface area contributed by atoms with E-state index in [1.807, 2.05) is 0 Å². The lowest BCUT2D eigenvalue weighted by Crippen LogP contribution is -2.37. The molecule has 0 aliphatic heterocycles. The van der Waals surface area contributed by atoms with Crippen molar-refractivity contribution in [3.8, 4) is 0 Å². The average molecular weight is 347 g/mol. The summed E-state index contributed by atoms with van der Waals surface area (Å²) in [6.07, 6.45) is 4.12. The summed E-state index contributed by atoms with van der Waals surface area (Å²) in [7, 11) is 0. The lowest BCUT2D eigenvalue weighted by molar-refractivity contribution is -0.145. The summed E-state index contributed by atoms with van der Waals surface area (Å²) in [5.41, 5.74) is 5.98. The van der Waals surface area contributed by atoms with E-state index in [4.69, 9.17) is 5.73 Å². The third kappa shape index (κ3) is 4.86. The molecule has 0 amide bonds. The first-order valence-corrected chi connectivity index (χ1v) is 8.42. The second-order valence-corrected chi connectivity index (χ2v) is 6.29. The molecule has 5 heteroatoms. The largest absolute Gasteiger partial charge is 0.481 e. The predicted molar refractivity (Wildman–Crippen MR) is 93.1 cm³/mol. The molecule has 3 nitrogen and oxygen atoms in total. The van der Waals surface area contributed by atoms with Crippen LogP contribution in [0, 0.1) is 11.6 Å². The number of carbonyl (C=O) groups is 1. The second-order valence-electron chi connectivity index (χ2n) is 6.29. The lowest BCUT2D eigenvalue weighted by atomic mass is 9.69. The summed E-state index contributed by atoms with van der Waals surface area (Å²) >= 11 is 0. The molecule has 1 aliphatic carbocycles. The van der Waals surface area contributed by atoms with Crippen molar-refractivity contribution < 1.29 is 18.7 Å². The Morgan fingerprint density at radius 1 is 1.00 bits per heavy atom. The van der Waals surface area contributed by atoms with Gasteiger partial charge in [0, 0.05) is 6.54 Å². The molecular formula is C20H23F2NO2. The van der Waals surface area contributed by atoms with E-state index in [2.05, 4.69) is 0 Å². The van der Waals surface area contributed by atoms with Crippen LogP contribution in [0.4, 0.5) is 8.78 Å². The molecular weight excluding hydrogens is 324 g/mol. The quantitative estimate of drug-likeness (QED) is 0.865.